The highest BCUT2D eigenvalue weighted by atomic mass is 127. The van der Waals surface area contributed by atoms with Gasteiger partial charge in [0.1, 0.15) is 17.9 Å². The van der Waals surface area contributed by atoms with Crippen LogP contribution in [0.4, 0.5) is 0 Å². The van der Waals surface area contributed by atoms with Crippen molar-refractivity contribution in [2.24, 2.45) is 7.05 Å². The van der Waals surface area contributed by atoms with Crippen LogP contribution in [0.3, 0.4) is 0 Å². The Labute approximate surface area is 254 Å². The smallest absolute Gasteiger partial charge is 0.275 e. The van der Waals surface area contributed by atoms with Crippen molar-refractivity contribution in [3.05, 3.63) is 83.4 Å². The maximum absolute atomic E-state index is 12.8. The van der Waals surface area contributed by atoms with Crippen molar-refractivity contribution in [3.8, 4) is 28.1 Å². The van der Waals surface area contributed by atoms with Gasteiger partial charge in [0.2, 0.25) is 5.91 Å². The van der Waals surface area contributed by atoms with Crippen LogP contribution >= 0.6 is 30.3 Å². The minimum Gasteiger partial charge on any atom is -0.492 e. The molecule has 0 aliphatic carbocycles. The highest BCUT2D eigenvalue weighted by Crippen LogP contribution is 2.33. The second-order valence-electron chi connectivity index (χ2n) is 10.4. The van der Waals surface area contributed by atoms with Crippen LogP contribution < -0.4 is 10.3 Å². The fraction of sp³-hybridized carbons (Fsp3) is 0.258. The van der Waals surface area contributed by atoms with Gasteiger partial charge >= 0.3 is 0 Å². The SMILES string of the molecule is CC1C(=O)N(C)CCN1CCOc1ccc(-c2ccc3cc(-c4cn(C)c(=O)c5c4ccn5SI)ccc3n2)cc1. The number of carbonyl (C=O) groups is 1. The number of pyridine rings is 2. The van der Waals surface area contributed by atoms with Crippen molar-refractivity contribution in [3.63, 3.8) is 0 Å². The zero-order chi connectivity index (χ0) is 28.7. The number of nitrogens with zero attached hydrogens (tertiary/aromatic N) is 5. The molecule has 41 heavy (non-hydrogen) atoms. The van der Waals surface area contributed by atoms with Crippen LogP contribution in [0, 0.1) is 0 Å². The van der Waals surface area contributed by atoms with Crippen LogP contribution in [0.25, 0.3) is 44.2 Å². The fourth-order valence-electron chi connectivity index (χ4n) is 5.44. The third-order valence-electron chi connectivity index (χ3n) is 7.86. The molecule has 1 aliphatic heterocycles. The van der Waals surface area contributed by atoms with Crippen LogP contribution in [0.15, 0.2) is 77.9 Å². The maximum Gasteiger partial charge on any atom is 0.275 e. The van der Waals surface area contributed by atoms with Gasteiger partial charge in [-0.05, 0) is 61.0 Å². The third-order valence-corrected chi connectivity index (χ3v) is 9.59. The van der Waals surface area contributed by atoms with Crippen LogP contribution in [0.1, 0.15) is 6.92 Å². The van der Waals surface area contributed by atoms with E-state index < -0.39 is 0 Å². The molecule has 10 heteroatoms. The predicted octanol–water partition coefficient (Wildman–Crippen LogP) is 5.61. The summed E-state index contributed by atoms with van der Waals surface area (Å²) in [6, 6.07) is 20.2. The van der Waals surface area contributed by atoms with E-state index in [-0.39, 0.29) is 17.5 Å². The molecule has 8 nitrogen and oxygen atoms in total. The summed E-state index contributed by atoms with van der Waals surface area (Å²) in [6.07, 6.45) is 3.85. The number of rotatable bonds is 7. The molecule has 1 saturated heterocycles. The Morgan fingerprint density at radius 3 is 2.56 bits per heavy atom. The number of likely N-dealkylation sites (N-methyl/N-ethyl adjacent to an activating group) is 1. The van der Waals surface area contributed by atoms with Gasteiger partial charge in [0.15, 0.2) is 0 Å². The summed E-state index contributed by atoms with van der Waals surface area (Å²) >= 11 is 2.19. The van der Waals surface area contributed by atoms with Crippen molar-refractivity contribution in [1.82, 2.24) is 23.3 Å². The van der Waals surface area contributed by atoms with Gasteiger partial charge in [0, 0.05) is 98.3 Å². The molecule has 3 aromatic heterocycles. The first kappa shape index (κ1) is 27.8. The van der Waals surface area contributed by atoms with E-state index in [1.807, 2.05) is 72.8 Å². The van der Waals surface area contributed by atoms with E-state index in [2.05, 4.69) is 44.3 Å². The summed E-state index contributed by atoms with van der Waals surface area (Å²) in [6.45, 7) is 4.81. The Kier molecular flexibility index (Phi) is 7.80. The molecule has 1 atom stereocenters. The second-order valence-corrected chi connectivity index (χ2v) is 12.1. The number of hydrogen-bond acceptors (Lipinski definition) is 6. The van der Waals surface area contributed by atoms with Crippen LogP contribution in [-0.4, -0.2) is 68.6 Å². The van der Waals surface area contributed by atoms with Gasteiger partial charge in [-0.2, -0.15) is 0 Å². The summed E-state index contributed by atoms with van der Waals surface area (Å²) < 4.78 is 9.53. The molecular formula is C31H30IN5O3S. The lowest BCUT2D eigenvalue weighted by molar-refractivity contribution is -0.139. The van der Waals surface area contributed by atoms with Crippen LogP contribution in [0.5, 0.6) is 5.75 Å². The number of aryl methyl sites for hydroxylation is 1. The van der Waals surface area contributed by atoms with Gasteiger partial charge in [-0.3, -0.25) is 18.5 Å². The van der Waals surface area contributed by atoms with E-state index in [0.29, 0.717) is 18.7 Å². The Hall–Kier alpha value is -3.35. The average molecular weight is 680 g/mol. The molecule has 5 aromatic rings. The van der Waals surface area contributed by atoms with Crippen molar-refractivity contribution in [2.75, 3.05) is 33.3 Å². The van der Waals surface area contributed by atoms with Gasteiger partial charge in [-0.1, -0.05) is 12.1 Å². The first-order valence-electron chi connectivity index (χ1n) is 13.5. The molecule has 0 bridgehead atoms. The number of fused-ring (bicyclic) bond motifs is 2. The highest BCUT2D eigenvalue weighted by Gasteiger charge is 2.28. The number of halogens is 1. The van der Waals surface area contributed by atoms with E-state index in [0.717, 1.165) is 57.5 Å². The van der Waals surface area contributed by atoms with Crippen molar-refractivity contribution < 1.29 is 9.53 Å². The number of carbonyl (C=O) groups excluding carboxylic acids is 1. The molecule has 210 valence electrons. The summed E-state index contributed by atoms with van der Waals surface area (Å²) in [5.74, 6) is 0.959. The molecule has 1 unspecified atom stereocenters. The highest BCUT2D eigenvalue weighted by molar-refractivity contribution is 14.2. The van der Waals surface area contributed by atoms with E-state index in [9.17, 15) is 9.59 Å². The number of piperazine rings is 1. The van der Waals surface area contributed by atoms with E-state index >= 15 is 0 Å². The van der Waals surface area contributed by atoms with Gasteiger partial charge in [-0.15, -0.1) is 0 Å². The minimum absolute atomic E-state index is 0.0115. The zero-order valence-corrected chi connectivity index (χ0v) is 26.1. The van der Waals surface area contributed by atoms with Crippen LogP contribution in [-0.2, 0) is 11.8 Å². The lowest BCUT2D eigenvalue weighted by atomic mass is 10.0. The van der Waals surface area contributed by atoms with Gasteiger partial charge < -0.3 is 14.2 Å². The normalized spacial score (nSPS) is 16.1. The Morgan fingerprint density at radius 1 is 1.00 bits per heavy atom. The molecule has 0 radical (unpaired) electrons. The van der Waals surface area contributed by atoms with Crippen molar-refractivity contribution in [1.29, 1.82) is 0 Å². The molecule has 0 N–H and O–H groups in total. The molecule has 1 amide bonds. The summed E-state index contributed by atoms with van der Waals surface area (Å²) in [5.41, 5.74) is 5.55. The molecule has 6 rings (SSSR count). The number of ether oxygens (including phenoxy) is 1. The molecular weight excluding hydrogens is 649 g/mol. The molecule has 0 spiro atoms. The number of amides is 1. The van der Waals surface area contributed by atoms with E-state index in [4.69, 9.17) is 9.72 Å². The van der Waals surface area contributed by atoms with Crippen molar-refractivity contribution in [2.45, 2.75) is 13.0 Å². The molecule has 1 aliphatic rings. The number of benzene rings is 2. The Balaban J connectivity index is 1.18. The topological polar surface area (TPSA) is 72.6 Å². The quantitative estimate of drug-likeness (QED) is 0.209. The summed E-state index contributed by atoms with van der Waals surface area (Å²) in [5, 5.41) is 1.97. The number of hydrogen-bond donors (Lipinski definition) is 0. The zero-order valence-electron chi connectivity index (χ0n) is 23.1. The fourth-order valence-corrected chi connectivity index (χ4v) is 6.77. The van der Waals surface area contributed by atoms with Gasteiger partial charge in [-0.25, -0.2) is 4.98 Å². The third kappa shape index (κ3) is 5.35. The molecule has 2 aromatic carbocycles. The minimum atomic E-state index is -0.112. The number of aromatic nitrogens is 3. The molecule has 4 heterocycles. The lowest BCUT2D eigenvalue weighted by Crippen LogP contribution is -2.55. The van der Waals surface area contributed by atoms with E-state index in [1.165, 1.54) is 9.12 Å². The Morgan fingerprint density at radius 2 is 1.78 bits per heavy atom. The van der Waals surface area contributed by atoms with Gasteiger partial charge in [0.25, 0.3) is 5.56 Å². The Bertz CT molecular complexity index is 1820. The summed E-state index contributed by atoms with van der Waals surface area (Å²) in [4.78, 5) is 33.9. The second kappa shape index (κ2) is 11.5. The first-order valence-corrected chi connectivity index (χ1v) is 16.8. The molecule has 0 saturated carbocycles. The standard InChI is InChI=1S/C31H30IN5O3S/c1-20-30(38)34(2)14-15-36(20)16-17-40-24-8-4-21(5-9-24)27-11-7-23-18-22(6-10-28(23)33-27)26-19-35(3)31(39)29-25(26)12-13-37(29)41-32/h4-13,18-20H,14-17H2,1-3H3. The average Bonchev–Trinajstić information content (AvgIpc) is 3.43. The summed E-state index contributed by atoms with van der Waals surface area (Å²) in [7, 11) is 5.13. The first-order chi connectivity index (χ1) is 19.8. The van der Waals surface area contributed by atoms with Crippen LogP contribution in [0.2, 0.25) is 0 Å². The molecule has 1 fully saturated rings. The predicted molar refractivity (Wildman–Crippen MR) is 175 cm³/mol. The largest absolute Gasteiger partial charge is 0.492 e. The van der Waals surface area contributed by atoms with E-state index in [1.54, 1.807) is 16.5 Å². The maximum atomic E-state index is 12.8. The monoisotopic (exact) mass is 679 g/mol. The van der Waals surface area contributed by atoms with Crippen molar-refractivity contribution >= 4 is 58.0 Å². The lowest BCUT2D eigenvalue weighted by Gasteiger charge is -2.37. The van der Waals surface area contributed by atoms with Gasteiger partial charge in [0.05, 0.1) is 17.3 Å².